The molecule has 1 aromatic heterocycles. The number of likely N-dealkylation sites (N-methyl/N-ethyl adjacent to an activating group) is 1. The van der Waals surface area contributed by atoms with Gasteiger partial charge in [-0.05, 0) is 38.1 Å². The van der Waals surface area contributed by atoms with Gasteiger partial charge in [-0.1, -0.05) is 0 Å². The molecule has 6 nitrogen and oxygen atoms in total. The SMILES string of the molecule is COC1N(C)C(=O)N(c2ccncc2)C12CCNCC2. The number of piperidine rings is 1. The molecule has 20 heavy (non-hydrogen) atoms. The van der Waals surface area contributed by atoms with Crippen molar-refractivity contribution in [2.45, 2.75) is 24.6 Å². The van der Waals surface area contributed by atoms with Gasteiger partial charge in [0.05, 0.1) is 5.54 Å². The van der Waals surface area contributed by atoms with E-state index in [1.807, 2.05) is 24.1 Å². The molecule has 0 aromatic carbocycles. The molecule has 2 fully saturated rings. The van der Waals surface area contributed by atoms with Crippen molar-refractivity contribution < 1.29 is 9.53 Å². The van der Waals surface area contributed by atoms with Gasteiger partial charge in [0.1, 0.15) is 0 Å². The number of pyridine rings is 1. The van der Waals surface area contributed by atoms with E-state index in [9.17, 15) is 4.79 Å². The minimum absolute atomic E-state index is 0.00931. The van der Waals surface area contributed by atoms with E-state index < -0.39 is 0 Å². The molecule has 6 heteroatoms. The van der Waals surface area contributed by atoms with Crippen LogP contribution in [0.1, 0.15) is 12.8 Å². The number of amides is 2. The third-order valence-electron chi connectivity index (χ3n) is 4.36. The van der Waals surface area contributed by atoms with E-state index in [-0.39, 0.29) is 17.8 Å². The molecule has 3 heterocycles. The Morgan fingerprint density at radius 3 is 2.60 bits per heavy atom. The zero-order valence-corrected chi connectivity index (χ0v) is 11.9. The number of nitrogens with zero attached hydrogens (tertiary/aromatic N) is 3. The number of hydrogen-bond acceptors (Lipinski definition) is 4. The average molecular weight is 276 g/mol. The van der Waals surface area contributed by atoms with Crippen molar-refractivity contribution in [2.24, 2.45) is 0 Å². The van der Waals surface area contributed by atoms with E-state index in [2.05, 4.69) is 10.3 Å². The number of carbonyl (C=O) groups excluding carboxylic acids is 1. The summed E-state index contributed by atoms with van der Waals surface area (Å²) in [6.07, 6.45) is 4.98. The summed E-state index contributed by atoms with van der Waals surface area (Å²) in [5.41, 5.74) is 0.589. The van der Waals surface area contributed by atoms with Gasteiger partial charge in [0.25, 0.3) is 0 Å². The first-order valence-corrected chi connectivity index (χ1v) is 6.91. The molecule has 2 saturated heterocycles. The summed E-state index contributed by atoms with van der Waals surface area (Å²) in [5.74, 6) is 0. The Labute approximate surface area is 118 Å². The largest absolute Gasteiger partial charge is 0.359 e. The second-order valence-corrected chi connectivity index (χ2v) is 5.38. The van der Waals surface area contributed by atoms with Gasteiger partial charge in [0.2, 0.25) is 0 Å². The lowest BCUT2D eigenvalue weighted by Crippen LogP contribution is -2.58. The summed E-state index contributed by atoms with van der Waals surface area (Å²) in [5, 5.41) is 3.36. The molecule has 1 atom stereocenters. The predicted molar refractivity (Wildman–Crippen MR) is 75.5 cm³/mol. The standard InChI is InChI=1S/C14H20N4O2/c1-17-12(20-2)14(5-9-16-10-6-14)18(13(17)19)11-3-7-15-8-4-11/h3-4,7-8,12,16H,5-6,9-10H2,1-2H3. The van der Waals surface area contributed by atoms with Gasteiger partial charge >= 0.3 is 6.03 Å². The second kappa shape index (κ2) is 5.03. The van der Waals surface area contributed by atoms with E-state index in [1.165, 1.54) is 0 Å². The first kappa shape index (κ1) is 13.3. The maximum Gasteiger partial charge on any atom is 0.327 e. The normalized spacial score (nSPS) is 25.5. The van der Waals surface area contributed by atoms with E-state index in [0.717, 1.165) is 31.6 Å². The van der Waals surface area contributed by atoms with Crippen molar-refractivity contribution in [3.05, 3.63) is 24.5 Å². The van der Waals surface area contributed by atoms with Crippen molar-refractivity contribution in [2.75, 3.05) is 32.1 Å². The highest BCUT2D eigenvalue weighted by Crippen LogP contribution is 2.42. The summed E-state index contributed by atoms with van der Waals surface area (Å²) >= 11 is 0. The second-order valence-electron chi connectivity index (χ2n) is 5.38. The van der Waals surface area contributed by atoms with Crippen LogP contribution < -0.4 is 10.2 Å². The zero-order valence-electron chi connectivity index (χ0n) is 11.9. The molecule has 0 aliphatic carbocycles. The van der Waals surface area contributed by atoms with Crippen molar-refractivity contribution >= 4 is 11.7 Å². The first-order chi connectivity index (χ1) is 9.70. The third kappa shape index (κ3) is 1.79. The minimum atomic E-state index is -0.298. The molecule has 1 aromatic rings. The number of rotatable bonds is 2. The van der Waals surface area contributed by atoms with Crippen LogP contribution in [0.3, 0.4) is 0 Å². The molecule has 0 radical (unpaired) electrons. The van der Waals surface area contributed by atoms with Crippen molar-refractivity contribution in [1.29, 1.82) is 0 Å². The molecule has 1 N–H and O–H groups in total. The highest BCUT2D eigenvalue weighted by Gasteiger charge is 2.57. The minimum Gasteiger partial charge on any atom is -0.359 e. The molecule has 2 aliphatic heterocycles. The number of urea groups is 1. The van der Waals surface area contributed by atoms with Gasteiger partial charge in [0, 0.05) is 32.2 Å². The molecule has 1 spiro atoms. The van der Waals surface area contributed by atoms with Gasteiger partial charge < -0.3 is 10.1 Å². The topological polar surface area (TPSA) is 57.7 Å². The van der Waals surface area contributed by atoms with Crippen LogP contribution in [0.5, 0.6) is 0 Å². The summed E-state index contributed by atoms with van der Waals surface area (Å²) in [6, 6.07) is 3.76. The number of hydrogen-bond donors (Lipinski definition) is 1. The molecule has 2 amide bonds. The van der Waals surface area contributed by atoms with Crippen LogP contribution in [0.2, 0.25) is 0 Å². The van der Waals surface area contributed by atoms with Crippen molar-refractivity contribution in [1.82, 2.24) is 15.2 Å². The van der Waals surface area contributed by atoms with Gasteiger partial charge in [-0.2, -0.15) is 0 Å². The fraction of sp³-hybridized carbons (Fsp3) is 0.571. The van der Waals surface area contributed by atoms with Crippen LogP contribution in [-0.4, -0.2) is 54.9 Å². The number of ether oxygens (including phenoxy) is 1. The van der Waals surface area contributed by atoms with Gasteiger partial charge in [-0.3, -0.25) is 14.8 Å². The van der Waals surface area contributed by atoms with Crippen molar-refractivity contribution in [3.8, 4) is 0 Å². The summed E-state index contributed by atoms with van der Waals surface area (Å²) in [6.45, 7) is 1.78. The molecule has 0 bridgehead atoms. The fourth-order valence-electron chi connectivity index (χ4n) is 3.49. The lowest BCUT2D eigenvalue weighted by Gasteiger charge is -2.43. The van der Waals surface area contributed by atoms with E-state index in [0.29, 0.717) is 0 Å². The van der Waals surface area contributed by atoms with Gasteiger partial charge in [-0.25, -0.2) is 4.79 Å². The molecule has 108 valence electrons. The lowest BCUT2D eigenvalue weighted by molar-refractivity contribution is -0.0305. The van der Waals surface area contributed by atoms with Crippen LogP contribution in [0.25, 0.3) is 0 Å². The van der Waals surface area contributed by atoms with Crippen LogP contribution in [0, 0.1) is 0 Å². The Kier molecular flexibility index (Phi) is 3.35. The van der Waals surface area contributed by atoms with Crippen LogP contribution >= 0.6 is 0 Å². The molecular formula is C14H20N4O2. The number of nitrogens with one attached hydrogen (secondary N) is 1. The highest BCUT2D eigenvalue weighted by atomic mass is 16.5. The fourth-order valence-corrected chi connectivity index (χ4v) is 3.49. The first-order valence-electron chi connectivity index (χ1n) is 6.91. The van der Waals surface area contributed by atoms with Crippen molar-refractivity contribution in [3.63, 3.8) is 0 Å². The monoisotopic (exact) mass is 276 g/mol. The third-order valence-corrected chi connectivity index (χ3v) is 4.36. The number of methoxy groups -OCH3 is 1. The Balaban J connectivity index is 2.07. The number of carbonyl (C=O) groups is 1. The Morgan fingerprint density at radius 1 is 1.35 bits per heavy atom. The quantitative estimate of drug-likeness (QED) is 0.877. The summed E-state index contributed by atoms with van der Waals surface area (Å²) in [7, 11) is 3.48. The number of aromatic nitrogens is 1. The Hall–Kier alpha value is -1.66. The summed E-state index contributed by atoms with van der Waals surface area (Å²) < 4.78 is 5.66. The van der Waals surface area contributed by atoms with Crippen LogP contribution in [0.4, 0.5) is 10.5 Å². The molecule has 2 aliphatic rings. The smallest absolute Gasteiger partial charge is 0.327 e. The molecule has 0 saturated carbocycles. The summed E-state index contributed by atoms with van der Waals surface area (Å²) in [4.78, 5) is 20.3. The van der Waals surface area contributed by atoms with Gasteiger partial charge in [0.15, 0.2) is 6.23 Å². The maximum absolute atomic E-state index is 12.7. The average Bonchev–Trinajstić information content (AvgIpc) is 2.68. The molecule has 1 unspecified atom stereocenters. The molecule has 3 rings (SSSR count). The molecular weight excluding hydrogens is 256 g/mol. The Morgan fingerprint density at radius 2 is 2.00 bits per heavy atom. The van der Waals surface area contributed by atoms with E-state index >= 15 is 0 Å². The Bertz CT molecular complexity index is 487. The maximum atomic E-state index is 12.7. The highest BCUT2D eigenvalue weighted by molar-refractivity contribution is 5.96. The van der Waals surface area contributed by atoms with Gasteiger partial charge in [-0.15, -0.1) is 0 Å². The van der Waals surface area contributed by atoms with E-state index in [1.54, 1.807) is 24.4 Å². The van der Waals surface area contributed by atoms with Crippen LogP contribution in [-0.2, 0) is 4.74 Å². The van der Waals surface area contributed by atoms with Crippen LogP contribution in [0.15, 0.2) is 24.5 Å². The predicted octanol–water partition coefficient (Wildman–Crippen LogP) is 1.05. The lowest BCUT2D eigenvalue weighted by atomic mass is 9.85. The zero-order chi connectivity index (χ0) is 14.2. The number of anilines is 1. The van der Waals surface area contributed by atoms with E-state index in [4.69, 9.17) is 4.74 Å².